The Hall–Kier alpha value is -1.85. The fourth-order valence-corrected chi connectivity index (χ4v) is 4.32. The predicted molar refractivity (Wildman–Crippen MR) is 104 cm³/mol. The van der Waals surface area contributed by atoms with Crippen LogP contribution in [0.2, 0.25) is 0 Å². The van der Waals surface area contributed by atoms with Crippen LogP contribution in [0.25, 0.3) is 0 Å². The van der Waals surface area contributed by atoms with Crippen LogP contribution in [0.5, 0.6) is 0 Å². The first-order chi connectivity index (χ1) is 11.8. The van der Waals surface area contributed by atoms with E-state index in [9.17, 15) is 0 Å². The molecule has 0 radical (unpaired) electrons. The standard InChI is InChI=1S/C19H21N3S2/c1-3-16-11-7-8-14(2)18(16)20-12-17-21-22-19(24-17)23-13-15-9-5-4-6-10-15/h4-11,20H,3,12-13H2,1-2H3. The van der Waals surface area contributed by atoms with Crippen LogP contribution in [-0.2, 0) is 18.7 Å². The highest BCUT2D eigenvalue weighted by Gasteiger charge is 2.08. The molecule has 0 amide bonds. The molecule has 0 atom stereocenters. The minimum atomic E-state index is 0.724. The summed E-state index contributed by atoms with van der Waals surface area (Å²) in [6.45, 7) is 5.05. The molecule has 3 rings (SSSR count). The van der Waals surface area contributed by atoms with E-state index in [4.69, 9.17) is 0 Å². The molecule has 0 saturated carbocycles. The zero-order valence-corrected chi connectivity index (χ0v) is 15.6. The van der Waals surface area contributed by atoms with Gasteiger partial charge >= 0.3 is 0 Å². The molecule has 5 heteroatoms. The molecule has 0 saturated heterocycles. The van der Waals surface area contributed by atoms with Crippen LogP contribution < -0.4 is 5.32 Å². The first kappa shape index (κ1) is 17.0. The molecule has 1 N–H and O–H groups in total. The predicted octanol–water partition coefficient (Wildman–Crippen LogP) is 5.31. The number of rotatable bonds is 7. The van der Waals surface area contributed by atoms with Crippen molar-refractivity contribution >= 4 is 28.8 Å². The number of nitrogens with zero attached hydrogens (tertiary/aromatic N) is 2. The largest absolute Gasteiger partial charge is 0.378 e. The van der Waals surface area contributed by atoms with Crippen molar-refractivity contribution < 1.29 is 0 Å². The van der Waals surface area contributed by atoms with Crippen molar-refractivity contribution in [1.29, 1.82) is 0 Å². The highest BCUT2D eigenvalue weighted by Crippen LogP contribution is 2.27. The number of aryl methyl sites for hydroxylation is 2. The molecule has 0 aliphatic rings. The molecule has 0 bridgehead atoms. The molecule has 0 fully saturated rings. The van der Waals surface area contributed by atoms with Crippen LogP contribution in [0, 0.1) is 6.92 Å². The molecule has 0 spiro atoms. The first-order valence-corrected chi connectivity index (χ1v) is 9.88. The maximum atomic E-state index is 4.31. The van der Waals surface area contributed by atoms with Gasteiger partial charge in [-0.1, -0.05) is 78.6 Å². The van der Waals surface area contributed by atoms with Crippen LogP contribution in [0.1, 0.15) is 28.6 Å². The second kappa shape index (κ2) is 8.31. The quantitative estimate of drug-likeness (QED) is 0.583. The summed E-state index contributed by atoms with van der Waals surface area (Å²) in [4.78, 5) is 0. The highest BCUT2D eigenvalue weighted by molar-refractivity contribution is 8.00. The monoisotopic (exact) mass is 355 g/mol. The first-order valence-electron chi connectivity index (χ1n) is 8.07. The Morgan fingerprint density at radius 2 is 1.88 bits per heavy atom. The second-order valence-corrected chi connectivity index (χ2v) is 7.84. The minimum absolute atomic E-state index is 0.724. The van der Waals surface area contributed by atoms with E-state index < -0.39 is 0 Å². The van der Waals surface area contributed by atoms with Gasteiger partial charge in [-0.3, -0.25) is 0 Å². The van der Waals surface area contributed by atoms with Crippen molar-refractivity contribution in [3.8, 4) is 0 Å². The topological polar surface area (TPSA) is 37.8 Å². The van der Waals surface area contributed by atoms with Crippen molar-refractivity contribution in [1.82, 2.24) is 10.2 Å². The Bertz CT molecular complexity index is 784. The van der Waals surface area contributed by atoms with Crippen LogP contribution in [0.3, 0.4) is 0 Å². The smallest absolute Gasteiger partial charge is 0.174 e. The summed E-state index contributed by atoms with van der Waals surface area (Å²) in [5.41, 5.74) is 5.16. The molecule has 3 nitrogen and oxygen atoms in total. The summed E-state index contributed by atoms with van der Waals surface area (Å²) in [6.07, 6.45) is 1.03. The molecule has 1 heterocycles. The summed E-state index contributed by atoms with van der Waals surface area (Å²) in [7, 11) is 0. The lowest BCUT2D eigenvalue weighted by atomic mass is 10.1. The maximum absolute atomic E-state index is 4.31. The van der Waals surface area contributed by atoms with E-state index >= 15 is 0 Å². The summed E-state index contributed by atoms with van der Waals surface area (Å²) in [5.74, 6) is 0.931. The van der Waals surface area contributed by atoms with Crippen LogP contribution in [0.15, 0.2) is 52.9 Å². The van der Waals surface area contributed by atoms with Crippen molar-refractivity contribution in [2.75, 3.05) is 5.32 Å². The lowest BCUT2D eigenvalue weighted by molar-refractivity contribution is 0.944. The average Bonchev–Trinajstić information content (AvgIpc) is 3.07. The summed E-state index contributed by atoms with van der Waals surface area (Å²) in [6, 6.07) is 16.9. The van der Waals surface area contributed by atoms with E-state index in [-0.39, 0.29) is 0 Å². The van der Waals surface area contributed by atoms with Crippen molar-refractivity contribution in [2.24, 2.45) is 0 Å². The van der Waals surface area contributed by atoms with Gasteiger partial charge in [-0.25, -0.2) is 0 Å². The number of para-hydroxylation sites is 1. The number of aromatic nitrogens is 2. The minimum Gasteiger partial charge on any atom is -0.378 e. The molecule has 0 aliphatic carbocycles. The third-order valence-electron chi connectivity index (χ3n) is 3.81. The van der Waals surface area contributed by atoms with Gasteiger partial charge in [0.25, 0.3) is 0 Å². The SMILES string of the molecule is CCc1cccc(C)c1NCc1nnc(SCc2ccccc2)s1. The molecule has 2 aromatic carbocycles. The van der Waals surface area contributed by atoms with E-state index in [1.165, 1.54) is 22.4 Å². The number of hydrogen-bond donors (Lipinski definition) is 1. The van der Waals surface area contributed by atoms with Crippen LogP contribution in [-0.4, -0.2) is 10.2 Å². The van der Waals surface area contributed by atoms with Gasteiger partial charge in [0.05, 0.1) is 6.54 Å². The average molecular weight is 356 g/mol. The molecule has 24 heavy (non-hydrogen) atoms. The number of anilines is 1. The van der Waals surface area contributed by atoms with Gasteiger partial charge < -0.3 is 5.32 Å². The third kappa shape index (κ3) is 4.36. The Morgan fingerprint density at radius 1 is 1.04 bits per heavy atom. The van der Waals surface area contributed by atoms with Gasteiger partial charge in [0, 0.05) is 11.4 Å². The van der Waals surface area contributed by atoms with Gasteiger partial charge in [0.1, 0.15) is 5.01 Å². The zero-order valence-electron chi connectivity index (χ0n) is 14.0. The van der Waals surface area contributed by atoms with E-state index in [2.05, 4.69) is 71.8 Å². The molecule has 3 aromatic rings. The normalized spacial score (nSPS) is 10.8. The second-order valence-electron chi connectivity index (χ2n) is 5.55. The molecule has 124 valence electrons. The summed E-state index contributed by atoms with van der Waals surface area (Å²) >= 11 is 3.41. The van der Waals surface area contributed by atoms with E-state index in [0.29, 0.717) is 0 Å². The van der Waals surface area contributed by atoms with E-state index in [1.807, 2.05) is 6.07 Å². The molecule has 1 aromatic heterocycles. The van der Waals surface area contributed by atoms with Gasteiger partial charge in [-0.2, -0.15) is 0 Å². The number of hydrogen-bond acceptors (Lipinski definition) is 5. The molecule has 0 aliphatic heterocycles. The van der Waals surface area contributed by atoms with Crippen molar-refractivity contribution in [2.45, 2.75) is 36.9 Å². The van der Waals surface area contributed by atoms with E-state index in [0.717, 1.165) is 28.1 Å². The Labute approximate surface area is 151 Å². The lowest BCUT2D eigenvalue weighted by Crippen LogP contribution is -2.03. The maximum Gasteiger partial charge on any atom is 0.174 e. The summed E-state index contributed by atoms with van der Waals surface area (Å²) in [5, 5.41) is 13.2. The van der Waals surface area contributed by atoms with E-state index in [1.54, 1.807) is 23.1 Å². The van der Waals surface area contributed by atoms with Crippen LogP contribution >= 0.6 is 23.1 Å². The molecular formula is C19H21N3S2. The van der Waals surface area contributed by atoms with Crippen molar-refractivity contribution in [3.63, 3.8) is 0 Å². The number of benzene rings is 2. The molecular weight excluding hydrogens is 334 g/mol. The van der Waals surface area contributed by atoms with Gasteiger partial charge in [0.15, 0.2) is 4.34 Å². The Kier molecular flexibility index (Phi) is 5.88. The van der Waals surface area contributed by atoms with Crippen LogP contribution in [0.4, 0.5) is 5.69 Å². The fraction of sp³-hybridized carbons (Fsp3) is 0.263. The van der Waals surface area contributed by atoms with Gasteiger partial charge in [-0.15, -0.1) is 10.2 Å². The Morgan fingerprint density at radius 3 is 2.67 bits per heavy atom. The van der Waals surface area contributed by atoms with Gasteiger partial charge in [-0.05, 0) is 30.0 Å². The number of thioether (sulfide) groups is 1. The fourth-order valence-electron chi connectivity index (χ4n) is 2.53. The third-order valence-corrected chi connectivity index (χ3v) is 5.94. The zero-order chi connectivity index (χ0) is 16.8. The number of nitrogens with one attached hydrogen (secondary N) is 1. The summed E-state index contributed by atoms with van der Waals surface area (Å²) < 4.78 is 1.02. The Balaban J connectivity index is 1.59. The van der Waals surface area contributed by atoms with Gasteiger partial charge in [0.2, 0.25) is 0 Å². The van der Waals surface area contributed by atoms with Crippen molar-refractivity contribution in [3.05, 3.63) is 70.2 Å². The lowest BCUT2D eigenvalue weighted by Gasteiger charge is -2.12. The highest BCUT2D eigenvalue weighted by atomic mass is 32.2. The molecule has 0 unspecified atom stereocenters.